The van der Waals surface area contributed by atoms with Gasteiger partial charge in [-0.3, -0.25) is 4.79 Å². The Kier molecular flexibility index (Phi) is 5.06. The van der Waals surface area contributed by atoms with Crippen LogP contribution in [-0.2, 0) is 4.79 Å². The summed E-state index contributed by atoms with van der Waals surface area (Å²) in [4.78, 5) is 11.9. The fraction of sp³-hybridized carbons (Fsp3) is 0.235. The van der Waals surface area contributed by atoms with E-state index in [1.807, 2.05) is 38.1 Å². The molecule has 2 aromatic carbocycles. The highest BCUT2D eigenvalue weighted by Gasteiger charge is 2.08. The van der Waals surface area contributed by atoms with Crippen LogP contribution < -0.4 is 10.6 Å². The molecule has 0 aliphatic carbocycles. The molecule has 0 aliphatic rings. The normalized spacial score (nSPS) is 12.0. The van der Waals surface area contributed by atoms with E-state index in [2.05, 4.69) is 10.6 Å². The maximum atomic E-state index is 12.9. The van der Waals surface area contributed by atoms with Gasteiger partial charge in [0.05, 0.1) is 6.54 Å². The van der Waals surface area contributed by atoms with Gasteiger partial charge in [-0.15, -0.1) is 0 Å². The Morgan fingerprint density at radius 2 is 1.81 bits per heavy atom. The average Bonchev–Trinajstić information content (AvgIpc) is 2.48. The van der Waals surface area contributed by atoms with Crippen LogP contribution in [0.2, 0.25) is 0 Å². The molecular weight excluding hydrogens is 267 g/mol. The lowest BCUT2D eigenvalue weighted by atomic mass is 10.1. The first-order valence-electron chi connectivity index (χ1n) is 6.90. The number of carbonyl (C=O) groups is 1. The number of rotatable bonds is 5. The first-order chi connectivity index (χ1) is 10.1. The molecule has 0 aliphatic heterocycles. The molecule has 110 valence electrons. The summed E-state index contributed by atoms with van der Waals surface area (Å²) < 4.78 is 12.9. The maximum absolute atomic E-state index is 12.9. The van der Waals surface area contributed by atoms with Crippen molar-refractivity contribution in [2.24, 2.45) is 0 Å². The van der Waals surface area contributed by atoms with Crippen molar-refractivity contribution in [2.45, 2.75) is 19.9 Å². The number of para-hydroxylation sites is 1. The molecule has 0 heterocycles. The topological polar surface area (TPSA) is 41.1 Å². The minimum absolute atomic E-state index is 0.0202. The van der Waals surface area contributed by atoms with E-state index in [1.165, 1.54) is 12.1 Å². The van der Waals surface area contributed by atoms with Crippen molar-refractivity contribution in [2.75, 3.05) is 11.9 Å². The number of nitrogens with one attached hydrogen (secondary N) is 2. The number of hydrogen-bond acceptors (Lipinski definition) is 2. The third-order valence-corrected chi connectivity index (χ3v) is 3.36. The van der Waals surface area contributed by atoms with Crippen LogP contribution in [-0.4, -0.2) is 12.5 Å². The number of halogens is 1. The first-order valence-corrected chi connectivity index (χ1v) is 6.90. The Labute approximate surface area is 124 Å². The highest BCUT2D eigenvalue weighted by atomic mass is 19.1. The van der Waals surface area contributed by atoms with Gasteiger partial charge in [-0.25, -0.2) is 4.39 Å². The van der Waals surface area contributed by atoms with Crippen LogP contribution >= 0.6 is 0 Å². The molecule has 0 aromatic heterocycles. The van der Waals surface area contributed by atoms with Crippen LogP contribution in [0.4, 0.5) is 10.1 Å². The minimum atomic E-state index is -0.261. The van der Waals surface area contributed by atoms with Crippen molar-refractivity contribution in [3.63, 3.8) is 0 Å². The van der Waals surface area contributed by atoms with Crippen LogP contribution in [0.5, 0.6) is 0 Å². The van der Waals surface area contributed by atoms with Crippen LogP contribution in [0.25, 0.3) is 0 Å². The Morgan fingerprint density at radius 1 is 1.14 bits per heavy atom. The van der Waals surface area contributed by atoms with Crippen molar-refractivity contribution in [1.82, 2.24) is 5.32 Å². The van der Waals surface area contributed by atoms with Crippen LogP contribution in [0.1, 0.15) is 24.1 Å². The molecule has 0 saturated carbocycles. The second-order valence-electron chi connectivity index (χ2n) is 5.02. The van der Waals surface area contributed by atoms with Crippen molar-refractivity contribution < 1.29 is 9.18 Å². The monoisotopic (exact) mass is 286 g/mol. The van der Waals surface area contributed by atoms with Crippen molar-refractivity contribution in [1.29, 1.82) is 0 Å². The zero-order valence-electron chi connectivity index (χ0n) is 12.2. The summed E-state index contributed by atoms with van der Waals surface area (Å²) >= 11 is 0. The second-order valence-corrected chi connectivity index (χ2v) is 5.02. The minimum Gasteiger partial charge on any atom is -0.325 e. The molecule has 2 rings (SSSR count). The summed E-state index contributed by atoms with van der Waals surface area (Å²) in [5.41, 5.74) is 2.79. The molecule has 3 nitrogen and oxygen atoms in total. The van der Waals surface area contributed by atoms with E-state index in [-0.39, 0.29) is 24.3 Å². The summed E-state index contributed by atoms with van der Waals surface area (Å²) in [5.74, 6) is -0.360. The molecule has 0 fully saturated rings. The Hall–Kier alpha value is -2.20. The van der Waals surface area contributed by atoms with Crippen molar-refractivity contribution >= 4 is 11.6 Å². The molecule has 0 spiro atoms. The standard InChI is InChI=1S/C17H19FN2O/c1-12-5-3-4-6-16(12)20-17(21)11-19-13(2)14-7-9-15(18)10-8-14/h3-10,13,19H,11H2,1-2H3,(H,20,21)/t13-/m0/s1. The van der Waals surface area contributed by atoms with E-state index in [0.29, 0.717) is 0 Å². The van der Waals surface area contributed by atoms with Gasteiger partial charge < -0.3 is 10.6 Å². The Balaban J connectivity index is 1.86. The zero-order valence-corrected chi connectivity index (χ0v) is 12.2. The molecular formula is C17H19FN2O. The summed E-state index contributed by atoms with van der Waals surface area (Å²) in [6.45, 7) is 4.09. The molecule has 2 aromatic rings. The van der Waals surface area contributed by atoms with Gasteiger partial charge in [-0.05, 0) is 43.2 Å². The summed E-state index contributed by atoms with van der Waals surface area (Å²) in [6, 6.07) is 13.9. The third-order valence-electron chi connectivity index (χ3n) is 3.36. The number of benzene rings is 2. The second kappa shape index (κ2) is 6.99. The quantitative estimate of drug-likeness (QED) is 0.884. The molecule has 21 heavy (non-hydrogen) atoms. The maximum Gasteiger partial charge on any atom is 0.238 e. The Morgan fingerprint density at radius 3 is 2.48 bits per heavy atom. The van der Waals surface area contributed by atoms with Crippen molar-refractivity contribution in [3.8, 4) is 0 Å². The summed E-state index contributed by atoms with van der Waals surface area (Å²) in [5, 5.41) is 5.99. The molecule has 0 bridgehead atoms. The smallest absolute Gasteiger partial charge is 0.238 e. The lowest BCUT2D eigenvalue weighted by molar-refractivity contribution is -0.115. The van der Waals surface area contributed by atoms with Gasteiger partial charge in [0.1, 0.15) is 5.82 Å². The predicted octanol–water partition coefficient (Wildman–Crippen LogP) is 3.42. The van der Waals surface area contributed by atoms with Crippen LogP contribution in [0.3, 0.4) is 0 Å². The van der Waals surface area contributed by atoms with Crippen LogP contribution in [0, 0.1) is 12.7 Å². The average molecular weight is 286 g/mol. The van der Waals surface area contributed by atoms with E-state index in [9.17, 15) is 9.18 Å². The highest BCUT2D eigenvalue weighted by molar-refractivity contribution is 5.92. The van der Waals surface area contributed by atoms with Gasteiger partial charge >= 0.3 is 0 Å². The lowest BCUT2D eigenvalue weighted by Crippen LogP contribution is -2.30. The summed E-state index contributed by atoms with van der Waals surface area (Å²) in [7, 11) is 0. The number of anilines is 1. The molecule has 0 saturated heterocycles. The van der Waals surface area contributed by atoms with Gasteiger partial charge in [0.15, 0.2) is 0 Å². The largest absolute Gasteiger partial charge is 0.325 e. The van der Waals surface area contributed by atoms with Gasteiger partial charge in [0.2, 0.25) is 5.91 Å². The van der Waals surface area contributed by atoms with Gasteiger partial charge in [-0.2, -0.15) is 0 Å². The molecule has 0 radical (unpaired) electrons. The molecule has 2 N–H and O–H groups in total. The number of hydrogen-bond donors (Lipinski definition) is 2. The van der Waals surface area contributed by atoms with E-state index in [0.717, 1.165) is 16.8 Å². The van der Waals surface area contributed by atoms with E-state index in [4.69, 9.17) is 0 Å². The van der Waals surface area contributed by atoms with Crippen LogP contribution in [0.15, 0.2) is 48.5 Å². The molecule has 0 unspecified atom stereocenters. The van der Waals surface area contributed by atoms with E-state index < -0.39 is 0 Å². The Bertz CT molecular complexity index is 610. The molecule has 4 heteroatoms. The number of amides is 1. The predicted molar refractivity (Wildman–Crippen MR) is 82.6 cm³/mol. The summed E-state index contributed by atoms with van der Waals surface area (Å²) in [6.07, 6.45) is 0. The third kappa shape index (κ3) is 4.39. The first kappa shape index (κ1) is 15.2. The zero-order chi connectivity index (χ0) is 15.2. The van der Waals surface area contributed by atoms with Gasteiger partial charge in [0.25, 0.3) is 0 Å². The SMILES string of the molecule is Cc1ccccc1NC(=O)CN[C@@H](C)c1ccc(F)cc1. The number of aryl methyl sites for hydroxylation is 1. The fourth-order valence-corrected chi connectivity index (χ4v) is 2.02. The van der Waals surface area contributed by atoms with Gasteiger partial charge in [-0.1, -0.05) is 30.3 Å². The number of carbonyl (C=O) groups excluding carboxylic acids is 1. The van der Waals surface area contributed by atoms with Gasteiger partial charge in [0, 0.05) is 11.7 Å². The molecule has 1 amide bonds. The van der Waals surface area contributed by atoms with Crippen molar-refractivity contribution in [3.05, 3.63) is 65.5 Å². The van der Waals surface area contributed by atoms with E-state index in [1.54, 1.807) is 12.1 Å². The fourth-order valence-electron chi connectivity index (χ4n) is 2.02. The highest BCUT2D eigenvalue weighted by Crippen LogP contribution is 2.14. The lowest BCUT2D eigenvalue weighted by Gasteiger charge is -2.14. The molecule has 1 atom stereocenters. The van der Waals surface area contributed by atoms with E-state index >= 15 is 0 Å².